The van der Waals surface area contributed by atoms with E-state index in [0.29, 0.717) is 6.54 Å². The van der Waals surface area contributed by atoms with Gasteiger partial charge >= 0.3 is 0 Å². The Morgan fingerprint density at radius 1 is 1.32 bits per heavy atom. The first-order valence-electron chi connectivity index (χ1n) is 7.16. The van der Waals surface area contributed by atoms with E-state index < -0.39 is 14.6 Å². The molecular weight excluding hydrogens is 368 g/mol. The predicted molar refractivity (Wildman–Crippen MR) is 89.5 cm³/mol. The van der Waals surface area contributed by atoms with E-state index in [2.05, 4.69) is 21.2 Å². The monoisotopic (exact) mass is 388 g/mol. The van der Waals surface area contributed by atoms with Crippen molar-refractivity contribution in [3.8, 4) is 0 Å². The number of benzene rings is 1. The van der Waals surface area contributed by atoms with Gasteiger partial charge in [-0.2, -0.15) is 0 Å². The molecule has 1 N–H and O–H groups in total. The summed E-state index contributed by atoms with van der Waals surface area (Å²) in [6, 6.07) is 6.42. The number of hydrogen-bond acceptors (Lipinski definition) is 4. The SMILES string of the molecule is CN(C(=O)C(C)(C)S(=O)(=O)c1ccc(Br)cc1)C1CCNC1. The average molecular weight is 389 g/mol. The largest absolute Gasteiger partial charge is 0.340 e. The minimum Gasteiger partial charge on any atom is -0.340 e. The molecule has 5 nitrogen and oxygen atoms in total. The van der Waals surface area contributed by atoms with Gasteiger partial charge in [0, 0.05) is 24.1 Å². The summed E-state index contributed by atoms with van der Waals surface area (Å²) in [7, 11) is -2.08. The molecule has 0 bridgehead atoms. The highest BCUT2D eigenvalue weighted by molar-refractivity contribution is 9.10. The molecule has 0 saturated carbocycles. The molecule has 0 spiro atoms. The molecule has 7 heteroatoms. The Hall–Kier alpha value is -0.920. The summed E-state index contributed by atoms with van der Waals surface area (Å²) in [5, 5.41) is 3.19. The third-order valence-corrected chi connectivity index (χ3v) is 7.15. The lowest BCUT2D eigenvalue weighted by atomic mass is 10.1. The third kappa shape index (κ3) is 3.07. The minimum atomic E-state index is -3.76. The molecule has 0 aromatic heterocycles. The number of nitrogens with one attached hydrogen (secondary N) is 1. The quantitative estimate of drug-likeness (QED) is 0.853. The van der Waals surface area contributed by atoms with Crippen LogP contribution in [0.1, 0.15) is 20.3 Å². The Kier molecular flexibility index (Phi) is 4.99. The summed E-state index contributed by atoms with van der Waals surface area (Å²) in [4.78, 5) is 14.5. The maximum Gasteiger partial charge on any atom is 0.243 e. The summed E-state index contributed by atoms with van der Waals surface area (Å²) in [6.45, 7) is 4.51. The zero-order chi connectivity index (χ0) is 16.5. The predicted octanol–water partition coefficient (Wildman–Crippen LogP) is 1.82. The standard InChI is InChI=1S/C15H21BrN2O3S/c1-15(2,14(19)18(3)12-8-9-17-10-12)22(20,21)13-6-4-11(16)5-7-13/h4-7,12,17H,8-10H2,1-3H3. The third-order valence-electron chi connectivity index (χ3n) is 4.21. The average Bonchev–Trinajstić information content (AvgIpc) is 3.00. The number of rotatable bonds is 4. The van der Waals surface area contributed by atoms with Crippen LogP contribution in [0.3, 0.4) is 0 Å². The van der Waals surface area contributed by atoms with Crippen LogP contribution in [0.15, 0.2) is 33.6 Å². The first kappa shape index (κ1) is 17.4. The number of carbonyl (C=O) groups excluding carboxylic acids is 1. The molecule has 1 aliphatic heterocycles. The topological polar surface area (TPSA) is 66.5 Å². The van der Waals surface area contributed by atoms with Gasteiger partial charge in [-0.3, -0.25) is 4.79 Å². The van der Waals surface area contributed by atoms with Crippen LogP contribution in [-0.2, 0) is 14.6 Å². The van der Waals surface area contributed by atoms with E-state index in [4.69, 9.17) is 0 Å². The molecule has 1 aliphatic rings. The lowest BCUT2D eigenvalue weighted by Gasteiger charge is -2.32. The van der Waals surface area contributed by atoms with Crippen molar-refractivity contribution in [2.24, 2.45) is 0 Å². The van der Waals surface area contributed by atoms with E-state index in [1.807, 2.05) is 0 Å². The van der Waals surface area contributed by atoms with Crippen LogP contribution in [0.2, 0.25) is 0 Å². The van der Waals surface area contributed by atoms with Crippen molar-refractivity contribution >= 4 is 31.7 Å². The second-order valence-electron chi connectivity index (χ2n) is 6.03. The van der Waals surface area contributed by atoms with Crippen molar-refractivity contribution in [3.05, 3.63) is 28.7 Å². The second-order valence-corrected chi connectivity index (χ2v) is 9.44. The molecule has 1 aromatic rings. The zero-order valence-electron chi connectivity index (χ0n) is 13.0. The van der Waals surface area contributed by atoms with Gasteiger partial charge in [0.25, 0.3) is 0 Å². The fourth-order valence-corrected chi connectivity index (χ4v) is 4.31. The molecule has 1 heterocycles. The van der Waals surface area contributed by atoms with Crippen LogP contribution in [0.4, 0.5) is 0 Å². The molecule has 2 rings (SSSR count). The summed E-state index contributed by atoms with van der Waals surface area (Å²) in [6.07, 6.45) is 0.844. The number of amides is 1. The fourth-order valence-electron chi connectivity index (χ4n) is 2.58. The molecule has 22 heavy (non-hydrogen) atoms. The molecular formula is C15H21BrN2O3S. The Labute approximate surface area is 140 Å². The van der Waals surface area contributed by atoms with Gasteiger partial charge in [0.05, 0.1) is 4.90 Å². The van der Waals surface area contributed by atoms with Gasteiger partial charge in [0.2, 0.25) is 5.91 Å². The number of sulfone groups is 1. The molecule has 1 saturated heterocycles. The van der Waals surface area contributed by atoms with Gasteiger partial charge in [-0.15, -0.1) is 0 Å². The van der Waals surface area contributed by atoms with Crippen LogP contribution >= 0.6 is 15.9 Å². The molecule has 1 amide bonds. The Bertz CT molecular complexity index is 650. The summed E-state index contributed by atoms with van der Waals surface area (Å²) in [5.41, 5.74) is 0. The first-order chi connectivity index (χ1) is 10.2. The highest BCUT2D eigenvalue weighted by atomic mass is 79.9. The van der Waals surface area contributed by atoms with E-state index in [1.165, 1.54) is 26.0 Å². The zero-order valence-corrected chi connectivity index (χ0v) is 15.4. The maximum absolute atomic E-state index is 12.8. The molecule has 122 valence electrons. The molecule has 1 atom stereocenters. The molecule has 0 aliphatic carbocycles. The van der Waals surface area contributed by atoms with Crippen molar-refractivity contribution in [1.82, 2.24) is 10.2 Å². The van der Waals surface area contributed by atoms with Gasteiger partial charge in [0.1, 0.15) is 4.75 Å². The normalized spacial score (nSPS) is 19.2. The summed E-state index contributed by atoms with van der Waals surface area (Å²) >= 11 is 3.28. The number of carbonyl (C=O) groups is 1. The first-order valence-corrected chi connectivity index (χ1v) is 9.43. The van der Waals surface area contributed by atoms with Crippen LogP contribution in [0.5, 0.6) is 0 Å². The molecule has 1 fully saturated rings. The van der Waals surface area contributed by atoms with Crippen LogP contribution in [0, 0.1) is 0 Å². The number of likely N-dealkylation sites (N-methyl/N-ethyl adjacent to an activating group) is 1. The van der Waals surface area contributed by atoms with Crippen molar-refractivity contribution < 1.29 is 13.2 Å². The van der Waals surface area contributed by atoms with Gasteiger partial charge in [-0.25, -0.2) is 8.42 Å². The molecule has 1 unspecified atom stereocenters. The Morgan fingerprint density at radius 2 is 1.91 bits per heavy atom. The van der Waals surface area contributed by atoms with Gasteiger partial charge in [0.15, 0.2) is 9.84 Å². The second kappa shape index (κ2) is 6.29. The van der Waals surface area contributed by atoms with Gasteiger partial charge < -0.3 is 10.2 Å². The van der Waals surface area contributed by atoms with E-state index >= 15 is 0 Å². The van der Waals surface area contributed by atoms with E-state index in [9.17, 15) is 13.2 Å². The fraction of sp³-hybridized carbons (Fsp3) is 0.533. The van der Waals surface area contributed by atoms with E-state index in [0.717, 1.165) is 17.4 Å². The van der Waals surface area contributed by atoms with Crippen molar-refractivity contribution in [1.29, 1.82) is 0 Å². The summed E-state index contributed by atoms with van der Waals surface area (Å²) in [5.74, 6) is -0.371. The van der Waals surface area contributed by atoms with E-state index in [1.54, 1.807) is 24.1 Å². The number of halogens is 1. The lowest BCUT2D eigenvalue weighted by molar-refractivity contribution is -0.133. The summed E-state index contributed by atoms with van der Waals surface area (Å²) < 4.78 is 25.0. The van der Waals surface area contributed by atoms with Gasteiger partial charge in [-0.05, 0) is 51.1 Å². The smallest absolute Gasteiger partial charge is 0.243 e. The molecule has 1 aromatic carbocycles. The highest BCUT2D eigenvalue weighted by Gasteiger charge is 2.45. The van der Waals surface area contributed by atoms with E-state index in [-0.39, 0.29) is 16.8 Å². The number of hydrogen-bond donors (Lipinski definition) is 1. The van der Waals surface area contributed by atoms with Crippen molar-refractivity contribution in [3.63, 3.8) is 0 Å². The molecule has 0 radical (unpaired) electrons. The van der Waals surface area contributed by atoms with Crippen LogP contribution in [-0.4, -0.2) is 50.2 Å². The van der Waals surface area contributed by atoms with Crippen LogP contribution < -0.4 is 5.32 Å². The highest BCUT2D eigenvalue weighted by Crippen LogP contribution is 2.29. The lowest BCUT2D eigenvalue weighted by Crippen LogP contribution is -2.52. The Balaban J connectivity index is 2.31. The number of nitrogens with zero attached hydrogens (tertiary/aromatic N) is 1. The van der Waals surface area contributed by atoms with Crippen LogP contribution in [0.25, 0.3) is 0 Å². The maximum atomic E-state index is 12.8. The van der Waals surface area contributed by atoms with Gasteiger partial charge in [-0.1, -0.05) is 15.9 Å². The van der Waals surface area contributed by atoms with Crippen molar-refractivity contribution in [2.45, 2.75) is 36.0 Å². The Morgan fingerprint density at radius 3 is 2.41 bits per heavy atom. The van der Waals surface area contributed by atoms with Crippen molar-refractivity contribution in [2.75, 3.05) is 20.1 Å². The minimum absolute atomic E-state index is 0.0480.